The van der Waals surface area contributed by atoms with Crippen molar-refractivity contribution in [3.8, 4) is 0 Å². The molecule has 0 aliphatic heterocycles. The van der Waals surface area contributed by atoms with E-state index in [1.165, 1.54) is 5.56 Å². The van der Waals surface area contributed by atoms with E-state index in [2.05, 4.69) is 16.9 Å². The summed E-state index contributed by atoms with van der Waals surface area (Å²) < 4.78 is 0. The number of hydrogen-bond donors (Lipinski definition) is 1. The van der Waals surface area contributed by atoms with E-state index < -0.39 is 0 Å². The highest BCUT2D eigenvalue weighted by Gasteiger charge is 2.05. The zero-order chi connectivity index (χ0) is 12.8. The van der Waals surface area contributed by atoms with E-state index in [1.807, 2.05) is 48.8 Å². The maximum absolute atomic E-state index is 9.32. The summed E-state index contributed by atoms with van der Waals surface area (Å²) in [4.78, 5) is 6.18. The number of nitrogens with zero attached hydrogens (tertiary/aromatic N) is 2. The number of benzene rings is 1. The topological polar surface area (TPSA) is 36.4 Å². The number of hydrogen-bond acceptors (Lipinski definition) is 3. The van der Waals surface area contributed by atoms with Gasteiger partial charge in [0.05, 0.1) is 6.61 Å². The van der Waals surface area contributed by atoms with Crippen molar-refractivity contribution in [2.75, 3.05) is 18.5 Å². The third kappa shape index (κ3) is 3.08. The van der Waals surface area contributed by atoms with Crippen LogP contribution in [0.2, 0.25) is 0 Å². The van der Waals surface area contributed by atoms with E-state index >= 15 is 0 Å². The van der Waals surface area contributed by atoms with Crippen LogP contribution in [-0.2, 0) is 13.0 Å². The number of aliphatic hydroxyl groups is 1. The van der Waals surface area contributed by atoms with Gasteiger partial charge in [-0.2, -0.15) is 0 Å². The molecule has 3 heteroatoms. The van der Waals surface area contributed by atoms with Crippen molar-refractivity contribution in [3.05, 3.63) is 59.9 Å². The number of aliphatic hydroxyl groups excluding tert-OH is 1. The summed E-state index contributed by atoms with van der Waals surface area (Å²) in [6, 6.07) is 12.0. The number of anilines is 1. The van der Waals surface area contributed by atoms with Crippen molar-refractivity contribution in [3.63, 3.8) is 0 Å². The van der Waals surface area contributed by atoms with Crippen molar-refractivity contribution in [1.82, 2.24) is 4.98 Å². The van der Waals surface area contributed by atoms with Crippen molar-refractivity contribution in [1.29, 1.82) is 0 Å². The van der Waals surface area contributed by atoms with Crippen LogP contribution in [0, 0.1) is 0 Å². The normalized spacial score (nSPS) is 10.3. The fourth-order valence-corrected chi connectivity index (χ4v) is 1.98. The van der Waals surface area contributed by atoms with Gasteiger partial charge < -0.3 is 10.0 Å². The molecule has 1 N–H and O–H groups in total. The molecule has 0 saturated carbocycles. The first-order valence-electron chi connectivity index (χ1n) is 6.10. The third-order valence-electron chi connectivity index (χ3n) is 3.06. The minimum atomic E-state index is 0.0791. The molecule has 0 spiro atoms. The summed E-state index contributed by atoms with van der Waals surface area (Å²) in [5.74, 6) is 0. The summed E-state index contributed by atoms with van der Waals surface area (Å²) in [5.41, 5.74) is 3.34. The molecule has 94 valence electrons. The average Bonchev–Trinajstić information content (AvgIpc) is 2.45. The van der Waals surface area contributed by atoms with Crippen LogP contribution in [0.15, 0.2) is 48.8 Å². The zero-order valence-electron chi connectivity index (χ0n) is 10.6. The molecule has 3 nitrogen and oxygen atoms in total. The van der Waals surface area contributed by atoms with E-state index in [-0.39, 0.29) is 6.61 Å². The molecule has 0 aliphatic carbocycles. The number of likely N-dealkylation sites (N-methyl/N-ethyl adjacent to an activating group) is 1. The molecule has 1 aromatic heterocycles. The lowest BCUT2D eigenvalue weighted by molar-refractivity contribution is 0.282. The summed E-state index contributed by atoms with van der Waals surface area (Å²) in [7, 11) is 2.05. The van der Waals surface area contributed by atoms with Crippen LogP contribution < -0.4 is 4.90 Å². The first kappa shape index (κ1) is 12.6. The lowest BCUT2D eigenvalue weighted by atomic mass is 10.1. The molecular formula is C15H18N2O. The van der Waals surface area contributed by atoms with Crippen molar-refractivity contribution in [2.45, 2.75) is 13.0 Å². The Morgan fingerprint density at radius 3 is 2.56 bits per heavy atom. The van der Waals surface area contributed by atoms with E-state index in [4.69, 9.17) is 0 Å². The molecule has 2 rings (SSSR count). The SMILES string of the molecule is CN(CCc1ccncc1)c1ccccc1CO. The molecule has 0 amide bonds. The molecule has 0 aliphatic rings. The second kappa shape index (κ2) is 6.17. The van der Waals surface area contributed by atoms with E-state index in [9.17, 15) is 5.11 Å². The van der Waals surface area contributed by atoms with Crippen LogP contribution in [-0.4, -0.2) is 23.7 Å². The summed E-state index contributed by atoms with van der Waals surface area (Å²) >= 11 is 0. The van der Waals surface area contributed by atoms with Gasteiger partial charge in [0.1, 0.15) is 0 Å². The Morgan fingerprint density at radius 1 is 1.11 bits per heavy atom. The van der Waals surface area contributed by atoms with Crippen LogP contribution in [0.5, 0.6) is 0 Å². The molecule has 1 aromatic carbocycles. The molecule has 0 unspecified atom stereocenters. The van der Waals surface area contributed by atoms with Crippen LogP contribution in [0.4, 0.5) is 5.69 Å². The van der Waals surface area contributed by atoms with Gasteiger partial charge in [0.25, 0.3) is 0 Å². The van der Waals surface area contributed by atoms with Gasteiger partial charge in [-0.1, -0.05) is 18.2 Å². The smallest absolute Gasteiger partial charge is 0.0702 e. The number of rotatable bonds is 5. The molecule has 2 aromatic rings. The van der Waals surface area contributed by atoms with Gasteiger partial charge in [-0.3, -0.25) is 4.98 Å². The van der Waals surface area contributed by atoms with Gasteiger partial charge >= 0.3 is 0 Å². The predicted octanol–water partition coefficient (Wildman–Crippen LogP) is 2.25. The molecular weight excluding hydrogens is 224 g/mol. The van der Waals surface area contributed by atoms with Gasteiger partial charge in [0.15, 0.2) is 0 Å². The highest BCUT2D eigenvalue weighted by molar-refractivity contribution is 5.52. The summed E-state index contributed by atoms with van der Waals surface area (Å²) in [6.45, 7) is 0.997. The third-order valence-corrected chi connectivity index (χ3v) is 3.06. The minimum absolute atomic E-state index is 0.0791. The Hall–Kier alpha value is -1.87. The highest BCUT2D eigenvalue weighted by Crippen LogP contribution is 2.19. The number of para-hydroxylation sites is 1. The maximum Gasteiger partial charge on any atom is 0.0702 e. The van der Waals surface area contributed by atoms with E-state index in [0.29, 0.717) is 0 Å². The van der Waals surface area contributed by atoms with E-state index in [0.717, 1.165) is 24.2 Å². The van der Waals surface area contributed by atoms with Crippen molar-refractivity contribution < 1.29 is 5.11 Å². The maximum atomic E-state index is 9.32. The number of aromatic nitrogens is 1. The largest absolute Gasteiger partial charge is 0.392 e. The zero-order valence-corrected chi connectivity index (χ0v) is 10.6. The van der Waals surface area contributed by atoms with Crippen molar-refractivity contribution in [2.24, 2.45) is 0 Å². The molecule has 0 saturated heterocycles. The number of pyridine rings is 1. The highest BCUT2D eigenvalue weighted by atomic mass is 16.3. The average molecular weight is 242 g/mol. The lowest BCUT2D eigenvalue weighted by Crippen LogP contribution is -2.21. The molecule has 0 radical (unpaired) electrons. The summed E-state index contributed by atoms with van der Waals surface area (Å²) in [6.07, 6.45) is 4.60. The van der Waals surface area contributed by atoms with Crippen LogP contribution in [0.25, 0.3) is 0 Å². The second-order valence-electron chi connectivity index (χ2n) is 4.31. The van der Waals surface area contributed by atoms with Crippen LogP contribution in [0.1, 0.15) is 11.1 Å². The Kier molecular flexibility index (Phi) is 4.31. The van der Waals surface area contributed by atoms with Gasteiger partial charge in [0.2, 0.25) is 0 Å². The molecule has 18 heavy (non-hydrogen) atoms. The second-order valence-corrected chi connectivity index (χ2v) is 4.31. The standard InChI is InChI=1S/C15H18N2O/c1-17(11-8-13-6-9-16-10-7-13)15-5-3-2-4-14(15)12-18/h2-7,9-10,18H,8,11-12H2,1H3. The van der Waals surface area contributed by atoms with Gasteiger partial charge in [-0.15, -0.1) is 0 Å². The van der Waals surface area contributed by atoms with Crippen LogP contribution >= 0.6 is 0 Å². The monoisotopic (exact) mass is 242 g/mol. The Morgan fingerprint density at radius 2 is 1.83 bits per heavy atom. The van der Waals surface area contributed by atoms with Crippen LogP contribution in [0.3, 0.4) is 0 Å². The molecule has 0 bridgehead atoms. The predicted molar refractivity (Wildman–Crippen MR) is 73.6 cm³/mol. The fraction of sp³-hybridized carbons (Fsp3) is 0.267. The van der Waals surface area contributed by atoms with Crippen molar-refractivity contribution >= 4 is 5.69 Å². The minimum Gasteiger partial charge on any atom is -0.392 e. The Bertz CT molecular complexity index is 485. The first-order valence-corrected chi connectivity index (χ1v) is 6.10. The molecule has 0 atom stereocenters. The fourth-order valence-electron chi connectivity index (χ4n) is 1.98. The van der Waals surface area contributed by atoms with Gasteiger partial charge in [-0.05, 0) is 30.2 Å². The van der Waals surface area contributed by atoms with E-state index in [1.54, 1.807) is 0 Å². The Balaban J connectivity index is 2.01. The first-order chi connectivity index (χ1) is 8.81. The Labute approximate surface area is 108 Å². The quantitative estimate of drug-likeness (QED) is 0.873. The lowest BCUT2D eigenvalue weighted by Gasteiger charge is -2.21. The molecule has 0 fully saturated rings. The van der Waals surface area contributed by atoms with Gasteiger partial charge in [-0.25, -0.2) is 0 Å². The summed E-state index contributed by atoms with van der Waals surface area (Å²) in [5, 5.41) is 9.32. The van der Waals surface area contributed by atoms with Gasteiger partial charge in [0, 0.05) is 37.2 Å². The molecule has 1 heterocycles.